The second-order valence-corrected chi connectivity index (χ2v) is 5.31. The second kappa shape index (κ2) is 7.20. The monoisotopic (exact) mass is 337 g/mol. The van der Waals surface area contributed by atoms with Crippen molar-refractivity contribution in [3.63, 3.8) is 0 Å². The molecular weight excluding hydrogens is 325 g/mol. The number of hydrogen-bond acceptors (Lipinski definition) is 2. The lowest BCUT2D eigenvalue weighted by Gasteiger charge is -2.11. The van der Waals surface area contributed by atoms with Gasteiger partial charge in [-0.2, -0.15) is 0 Å². The maximum atomic E-state index is 13.1. The van der Waals surface area contributed by atoms with Gasteiger partial charge in [0.2, 0.25) is 5.91 Å². The van der Waals surface area contributed by atoms with Gasteiger partial charge < -0.3 is 16.4 Å². The van der Waals surface area contributed by atoms with Gasteiger partial charge in [-0.05, 0) is 54.2 Å². The molecule has 4 N–H and O–H groups in total. The number of amides is 1. The van der Waals surface area contributed by atoms with E-state index in [1.807, 2.05) is 0 Å². The molecule has 22 heavy (non-hydrogen) atoms. The molecule has 0 unspecified atom stereocenters. The summed E-state index contributed by atoms with van der Waals surface area (Å²) in [6.45, 7) is 0.408. The normalized spacial score (nSPS) is 10.1. The molecular formula is C15H13ClFN3OS. The largest absolute Gasteiger partial charge is 0.366 e. The SMILES string of the molecule is NC(=O)c1ccc(NC(=S)NCc2ccc(F)c(Cl)c2)cc1. The number of rotatable bonds is 4. The van der Waals surface area contributed by atoms with Gasteiger partial charge in [-0.1, -0.05) is 17.7 Å². The Morgan fingerprint density at radius 1 is 1.23 bits per heavy atom. The number of anilines is 1. The van der Waals surface area contributed by atoms with Crippen LogP contribution < -0.4 is 16.4 Å². The van der Waals surface area contributed by atoms with Crippen molar-refractivity contribution >= 4 is 40.5 Å². The number of thiocarbonyl (C=S) groups is 1. The molecule has 1 amide bonds. The van der Waals surface area contributed by atoms with Crippen molar-refractivity contribution in [1.82, 2.24) is 5.32 Å². The fraction of sp³-hybridized carbons (Fsp3) is 0.0667. The Kier molecular flexibility index (Phi) is 5.30. The first-order valence-electron chi connectivity index (χ1n) is 6.34. The highest BCUT2D eigenvalue weighted by atomic mass is 35.5. The van der Waals surface area contributed by atoms with Gasteiger partial charge in [-0.15, -0.1) is 0 Å². The Balaban J connectivity index is 1.89. The molecule has 0 aromatic heterocycles. The number of nitrogens with two attached hydrogens (primary N) is 1. The summed E-state index contributed by atoms with van der Waals surface area (Å²) in [4.78, 5) is 11.0. The molecule has 0 aliphatic heterocycles. The summed E-state index contributed by atoms with van der Waals surface area (Å²) in [6, 6.07) is 11.1. The number of carbonyl (C=O) groups is 1. The van der Waals surface area contributed by atoms with E-state index in [1.54, 1.807) is 30.3 Å². The summed E-state index contributed by atoms with van der Waals surface area (Å²) in [5.74, 6) is -0.943. The van der Waals surface area contributed by atoms with Crippen molar-refractivity contribution in [2.45, 2.75) is 6.54 Å². The lowest BCUT2D eigenvalue weighted by molar-refractivity contribution is 0.100. The van der Waals surface area contributed by atoms with Crippen LogP contribution in [-0.2, 0) is 6.54 Å². The Hall–Kier alpha value is -2.18. The summed E-state index contributed by atoms with van der Waals surface area (Å²) in [7, 11) is 0. The van der Waals surface area contributed by atoms with Crippen molar-refractivity contribution in [3.8, 4) is 0 Å². The molecule has 0 saturated carbocycles. The zero-order valence-electron chi connectivity index (χ0n) is 11.4. The van der Waals surface area contributed by atoms with Crippen LogP contribution >= 0.6 is 23.8 Å². The van der Waals surface area contributed by atoms with E-state index in [0.29, 0.717) is 17.2 Å². The molecule has 7 heteroatoms. The highest BCUT2D eigenvalue weighted by molar-refractivity contribution is 7.80. The smallest absolute Gasteiger partial charge is 0.248 e. The Morgan fingerprint density at radius 2 is 1.91 bits per heavy atom. The van der Waals surface area contributed by atoms with Crippen LogP contribution in [0.1, 0.15) is 15.9 Å². The van der Waals surface area contributed by atoms with Crippen molar-refractivity contribution in [2.75, 3.05) is 5.32 Å². The molecule has 2 aromatic rings. The van der Waals surface area contributed by atoms with Crippen LogP contribution in [0.2, 0.25) is 5.02 Å². The number of benzene rings is 2. The summed E-state index contributed by atoms with van der Waals surface area (Å²) in [6.07, 6.45) is 0. The minimum atomic E-state index is -0.486. The van der Waals surface area contributed by atoms with E-state index in [-0.39, 0.29) is 5.02 Å². The predicted molar refractivity (Wildman–Crippen MR) is 89.4 cm³/mol. The molecule has 2 aromatic carbocycles. The molecule has 0 aliphatic rings. The zero-order valence-corrected chi connectivity index (χ0v) is 13.0. The van der Waals surface area contributed by atoms with E-state index in [1.165, 1.54) is 12.1 Å². The Labute approximate surface area is 137 Å². The zero-order chi connectivity index (χ0) is 16.1. The van der Waals surface area contributed by atoms with Crippen LogP contribution in [-0.4, -0.2) is 11.0 Å². The predicted octanol–water partition coefficient (Wildman–Crippen LogP) is 3.06. The third kappa shape index (κ3) is 4.41. The van der Waals surface area contributed by atoms with Crippen LogP contribution in [0.25, 0.3) is 0 Å². The molecule has 114 valence electrons. The molecule has 0 bridgehead atoms. The van der Waals surface area contributed by atoms with Gasteiger partial charge >= 0.3 is 0 Å². The van der Waals surface area contributed by atoms with Crippen LogP contribution in [0.5, 0.6) is 0 Å². The van der Waals surface area contributed by atoms with Crippen molar-refractivity contribution in [2.24, 2.45) is 5.73 Å². The average Bonchev–Trinajstić information content (AvgIpc) is 2.49. The molecule has 4 nitrogen and oxygen atoms in total. The lowest BCUT2D eigenvalue weighted by atomic mass is 10.2. The fourth-order valence-electron chi connectivity index (χ4n) is 1.73. The summed E-state index contributed by atoms with van der Waals surface area (Å²) in [5, 5.41) is 6.41. The summed E-state index contributed by atoms with van der Waals surface area (Å²) >= 11 is 10.9. The van der Waals surface area contributed by atoms with Crippen LogP contribution in [0, 0.1) is 5.82 Å². The van der Waals surface area contributed by atoms with Gasteiger partial charge in [0.15, 0.2) is 5.11 Å². The van der Waals surface area contributed by atoms with Crippen molar-refractivity contribution in [3.05, 3.63) is 64.4 Å². The van der Waals surface area contributed by atoms with E-state index < -0.39 is 11.7 Å². The van der Waals surface area contributed by atoms with Gasteiger partial charge in [0.1, 0.15) is 5.82 Å². The highest BCUT2D eigenvalue weighted by Gasteiger charge is 2.03. The Bertz CT molecular complexity index is 706. The first-order valence-corrected chi connectivity index (χ1v) is 7.13. The third-order valence-electron chi connectivity index (χ3n) is 2.86. The van der Waals surface area contributed by atoms with Gasteiger partial charge in [-0.3, -0.25) is 4.79 Å². The molecule has 2 rings (SSSR count). The van der Waals surface area contributed by atoms with Gasteiger partial charge in [0.05, 0.1) is 5.02 Å². The molecule has 0 aliphatic carbocycles. The second-order valence-electron chi connectivity index (χ2n) is 4.50. The van der Waals surface area contributed by atoms with E-state index >= 15 is 0 Å². The van der Waals surface area contributed by atoms with E-state index in [0.717, 1.165) is 11.3 Å². The quantitative estimate of drug-likeness (QED) is 0.750. The van der Waals surface area contributed by atoms with E-state index in [2.05, 4.69) is 10.6 Å². The number of halogens is 2. The summed E-state index contributed by atoms with van der Waals surface area (Å²) < 4.78 is 13.1. The maximum Gasteiger partial charge on any atom is 0.248 e. The van der Waals surface area contributed by atoms with Gasteiger partial charge in [0.25, 0.3) is 0 Å². The first kappa shape index (κ1) is 16.2. The minimum absolute atomic E-state index is 0.0696. The number of primary amides is 1. The molecule has 0 radical (unpaired) electrons. The number of hydrogen-bond donors (Lipinski definition) is 3. The molecule has 0 atom stereocenters. The van der Waals surface area contributed by atoms with Crippen molar-refractivity contribution < 1.29 is 9.18 Å². The van der Waals surface area contributed by atoms with Crippen LogP contribution in [0.3, 0.4) is 0 Å². The Morgan fingerprint density at radius 3 is 2.50 bits per heavy atom. The minimum Gasteiger partial charge on any atom is -0.366 e. The molecule has 0 fully saturated rings. The highest BCUT2D eigenvalue weighted by Crippen LogP contribution is 2.16. The first-order chi connectivity index (χ1) is 10.5. The lowest BCUT2D eigenvalue weighted by Crippen LogP contribution is -2.27. The van der Waals surface area contributed by atoms with Gasteiger partial charge in [-0.25, -0.2) is 4.39 Å². The average molecular weight is 338 g/mol. The summed E-state index contributed by atoms with van der Waals surface area (Å²) in [5.41, 5.74) is 7.11. The standard InChI is InChI=1S/C15H13ClFN3OS/c16-12-7-9(1-6-13(12)17)8-19-15(22)20-11-4-2-10(3-5-11)14(18)21/h1-7H,8H2,(H2,18,21)(H2,19,20,22). The number of carbonyl (C=O) groups excluding carboxylic acids is 1. The molecule has 0 spiro atoms. The van der Waals surface area contributed by atoms with Gasteiger partial charge in [0, 0.05) is 17.8 Å². The van der Waals surface area contributed by atoms with Crippen LogP contribution in [0.15, 0.2) is 42.5 Å². The molecule has 0 saturated heterocycles. The topological polar surface area (TPSA) is 67.2 Å². The van der Waals surface area contributed by atoms with E-state index in [4.69, 9.17) is 29.6 Å². The fourth-order valence-corrected chi connectivity index (χ4v) is 2.12. The van der Waals surface area contributed by atoms with E-state index in [9.17, 15) is 9.18 Å². The third-order valence-corrected chi connectivity index (χ3v) is 3.40. The van der Waals surface area contributed by atoms with Crippen LogP contribution in [0.4, 0.5) is 10.1 Å². The maximum absolute atomic E-state index is 13.1. The van der Waals surface area contributed by atoms with Crippen molar-refractivity contribution in [1.29, 1.82) is 0 Å². The number of nitrogens with one attached hydrogen (secondary N) is 2. The molecule has 0 heterocycles.